The topological polar surface area (TPSA) is 46.9 Å². The third kappa shape index (κ3) is 3.22. The summed E-state index contributed by atoms with van der Waals surface area (Å²) in [6, 6.07) is 8.30. The average Bonchev–Trinajstić information content (AvgIpc) is 2.48. The lowest BCUT2D eigenvalue weighted by Crippen LogP contribution is -2.32. The number of fused-ring (bicyclic) bond motifs is 1. The fourth-order valence-corrected chi connectivity index (χ4v) is 2.95. The van der Waals surface area contributed by atoms with Crippen molar-refractivity contribution in [2.75, 3.05) is 13.6 Å². The van der Waals surface area contributed by atoms with Gasteiger partial charge in [0.05, 0.1) is 11.2 Å². The van der Waals surface area contributed by atoms with E-state index in [9.17, 15) is 4.79 Å². The van der Waals surface area contributed by atoms with Gasteiger partial charge in [0, 0.05) is 16.8 Å². The van der Waals surface area contributed by atoms with E-state index >= 15 is 0 Å². The highest BCUT2D eigenvalue weighted by Gasteiger charge is 2.23. The Morgan fingerprint density at radius 1 is 1.27 bits per heavy atom. The van der Waals surface area contributed by atoms with Gasteiger partial charge in [0.2, 0.25) is 0 Å². The normalized spacial score (nSPS) is 13.5. The van der Waals surface area contributed by atoms with Gasteiger partial charge in [-0.2, -0.15) is 4.98 Å². The first-order valence-corrected chi connectivity index (χ1v) is 8.06. The van der Waals surface area contributed by atoms with Crippen LogP contribution in [0.3, 0.4) is 0 Å². The molecule has 4 nitrogen and oxygen atoms in total. The van der Waals surface area contributed by atoms with Gasteiger partial charge in [0.1, 0.15) is 0 Å². The van der Waals surface area contributed by atoms with Crippen molar-refractivity contribution in [3.8, 4) is 0 Å². The molecule has 1 atom stereocenters. The Labute approximate surface area is 132 Å². The fourth-order valence-electron chi connectivity index (χ4n) is 2.95. The first-order valence-electron chi connectivity index (χ1n) is 8.06. The molecule has 1 aromatic carbocycles. The highest BCUT2D eigenvalue weighted by atomic mass is 16.1. The van der Waals surface area contributed by atoms with Gasteiger partial charge in [-0.15, -0.1) is 0 Å². The fraction of sp³-hybridized carbons (Fsp3) is 0.556. The molecule has 0 radical (unpaired) electrons. The maximum Gasteiger partial charge on any atom is 0.348 e. The van der Waals surface area contributed by atoms with Crippen molar-refractivity contribution in [3.63, 3.8) is 0 Å². The molecule has 22 heavy (non-hydrogen) atoms. The molecule has 0 saturated carbocycles. The standard InChI is InChI=1S/C18H27N3O/c1-6-13(11-12-19-5)21-15-10-8-7-9-14(15)16(18(2,3)4)20-17(21)22/h7-10,13,19H,6,11-12H2,1-5H3. The van der Waals surface area contributed by atoms with Gasteiger partial charge in [-0.25, -0.2) is 4.79 Å². The van der Waals surface area contributed by atoms with E-state index < -0.39 is 0 Å². The van der Waals surface area contributed by atoms with Crippen LogP contribution in [0.15, 0.2) is 29.1 Å². The van der Waals surface area contributed by atoms with Crippen LogP contribution in [-0.4, -0.2) is 23.1 Å². The van der Waals surface area contributed by atoms with Crippen LogP contribution >= 0.6 is 0 Å². The Morgan fingerprint density at radius 3 is 2.55 bits per heavy atom. The van der Waals surface area contributed by atoms with Crippen molar-refractivity contribution in [1.82, 2.24) is 14.9 Å². The summed E-state index contributed by atoms with van der Waals surface area (Å²) in [6.45, 7) is 9.32. The zero-order valence-electron chi connectivity index (χ0n) is 14.3. The summed E-state index contributed by atoms with van der Waals surface area (Å²) < 4.78 is 1.88. The summed E-state index contributed by atoms with van der Waals surface area (Å²) in [6.07, 6.45) is 1.84. The molecule has 2 rings (SSSR count). The summed E-state index contributed by atoms with van der Waals surface area (Å²) in [4.78, 5) is 17.1. The first-order chi connectivity index (χ1) is 10.4. The first kappa shape index (κ1) is 16.7. The summed E-state index contributed by atoms with van der Waals surface area (Å²) >= 11 is 0. The van der Waals surface area contributed by atoms with Gasteiger partial charge in [0.25, 0.3) is 0 Å². The van der Waals surface area contributed by atoms with Crippen LogP contribution in [-0.2, 0) is 5.41 Å². The summed E-state index contributed by atoms with van der Waals surface area (Å²) in [5.41, 5.74) is 1.60. The second-order valence-corrected chi connectivity index (χ2v) is 6.83. The molecule has 0 bridgehead atoms. The van der Waals surface area contributed by atoms with E-state index in [-0.39, 0.29) is 17.1 Å². The zero-order chi connectivity index (χ0) is 16.3. The SMILES string of the molecule is CCC(CCNC)n1c(=O)nc(C(C)(C)C)c2ccccc21. The molecule has 1 unspecified atom stereocenters. The minimum atomic E-state index is -0.148. The van der Waals surface area contributed by atoms with Gasteiger partial charge in [0.15, 0.2) is 0 Å². The van der Waals surface area contributed by atoms with Crippen LogP contribution in [0, 0.1) is 0 Å². The summed E-state index contributed by atoms with van der Waals surface area (Å²) in [7, 11) is 1.94. The van der Waals surface area contributed by atoms with E-state index in [1.807, 2.05) is 29.8 Å². The number of benzene rings is 1. The number of para-hydroxylation sites is 1. The second-order valence-electron chi connectivity index (χ2n) is 6.83. The number of hydrogen-bond donors (Lipinski definition) is 1. The molecule has 0 saturated heterocycles. The number of rotatable bonds is 5. The maximum absolute atomic E-state index is 12.7. The second kappa shape index (κ2) is 6.61. The van der Waals surface area contributed by atoms with E-state index in [1.54, 1.807) is 0 Å². The van der Waals surface area contributed by atoms with Crippen LogP contribution in [0.2, 0.25) is 0 Å². The van der Waals surface area contributed by atoms with E-state index in [0.717, 1.165) is 36.0 Å². The van der Waals surface area contributed by atoms with Crippen molar-refractivity contribution in [2.45, 2.75) is 52.0 Å². The Balaban J connectivity index is 2.71. The summed E-state index contributed by atoms with van der Waals surface area (Å²) in [5, 5.41) is 4.25. The van der Waals surface area contributed by atoms with Crippen LogP contribution in [0.1, 0.15) is 52.3 Å². The third-order valence-corrected chi connectivity index (χ3v) is 4.11. The highest BCUT2D eigenvalue weighted by molar-refractivity contribution is 5.82. The molecule has 0 aliphatic carbocycles. The van der Waals surface area contributed by atoms with Crippen LogP contribution < -0.4 is 11.0 Å². The van der Waals surface area contributed by atoms with Gasteiger partial charge in [-0.3, -0.25) is 4.57 Å². The van der Waals surface area contributed by atoms with Gasteiger partial charge < -0.3 is 5.32 Å². The number of nitrogens with zero attached hydrogens (tertiary/aromatic N) is 2. The quantitative estimate of drug-likeness (QED) is 0.922. The lowest BCUT2D eigenvalue weighted by Gasteiger charge is -2.25. The molecule has 0 spiro atoms. The predicted molar refractivity (Wildman–Crippen MR) is 92.6 cm³/mol. The van der Waals surface area contributed by atoms with Gasteiger partial charge in [-0.05, 0) is 32.5 Å². The zero-order valence-corrected chi connectivity index (χ0v) is 14.3. The van der Waals surface area contributed by atoms with E-state index in [0.29, 0.717) is 0 Å². The van der Waals surface area contributed by atoms with Gasteiger partial charge >= 0.3 is 5.69 Å². The highest BCUT2D eigenvalue weighted by Crippen LogP contribution is 2.28. The third-order valence-electron chi connectivity index (χ3n) is 4.11. The van der Waals surface area contributed by atoms with Crippen LogP contribution in [0.5, 0.6) is 0 Å². The smallest absolute Gasteiger partial charge is 0.320 e. The van der Waals surface area contributed by atoms with E-state index in [4.69, 9.17) is 0 Å². The van der Waals surface area contributed by atoms with Crippen molar-refractivity contribution in [3.05, 3.63) is 40.4 Å². The molecule has 0 aliphatic rings. The molecule has 4 heteroatoms. The molecule has 0 amide bonds. The lowest BCUT2D eigenvalue weighted by atomic mass is 9.89. The largest absolute Gasteiger partial charge is 0.348 e. The van der Waals surface area contributed by atoms with Crippen molar-refractivity contribution >= 4 is 10.9 Å². The van der Waals surface area contributed by atoms with Crippen LogP contribution in [0.4, 0.5) is 0 Å². The van der Waals surface area contributed by atoms with Crippen molar-refractivity contribution in [1.29, 1.82) is 0 Å². The lowest BCUT2D eigenvalue weighted by molar-refractivity contribution is 0.436. The van der Waals surface area contributed by atoms with Gasteiger partial charge in [-0.1, -0.05) is 45.9 Å². The van der Waals surface area contributed by atoms with Crippen molar-refractivity contribution in [2.24, 2.45) is 0 Å². The van der Waals surface area contributed by atoms with E-state index in [2.05, 4.69) is 44.1 Å². The number of nitrogens with one attached hydrogen (secondary N) is 1. The molecule has 0 aliphatic heterocycles. The Hall–Kier alpha value is -1.68. The Bertz CT molecular complexity index is 698. The molecule has 2 aromatic rings. The molecule has 1 heterocycles. The molecular weight excluding hydrogens is 274 g/mol. The van der Waals surface area contributed by atoms with Crippen molar-refractivity contribution < 1.29 is 0 Å². The molecule has 1 N–H and O–H groups in total. The molecular formula is C18H27N3O. The minimum Gasteiger partial charge on any atom is -0.320 e. The molecule has 1 aromatic heterocycles. The monoisotopic (exact) mass is 301 g/mol. The predicted octanol–water partition coefficient (Wildman–Crippen LogP) is 3.25. The summed E-state index contributed by atoms with van der Waals surface area (Å²) in [5.74, 6) is 0. The Morgan fingerprint density at radius 2 is 1.95 bits per heavy atom. The number of hydrogen-bond acceptors (Lipinski definition) is 3. The number of aromatic nitrogens is 2. The minimum absolute atomic E-state index is 0.133. The maximum atomic E-state index is 12.7. The van der Waals surface area contributed by atoms with Crippen LogP contribution in [0.25, 0.3) is 10.9 Å². The molecule has 0 fully saturated rings. The Kier molecular flexibility index (Phi) is 5.01. The molecule has 120 valence electrons. The average molecular weight is 301 g/mol. The van der Waals surface area contributed by atoms with E-state index in [1.165, 1.54) is 0 Å².